The Kier molecular flexibility index (Phi) is 6.84. The second-order valence-electron chi connectivity index (χ2n) is 6.06. The first-order chi connectivity index (χ1) is 12.3. The molecule has 0 saturated carbocycles. The van der Waals surface area contributed by atoms with E-state index in [-0.39, 0.29) is 0 Å². The third-order valence-electron chi connectivity index (χ3n) is 4.15. The molecule has 0 bridgehead atoms. The van der Waals surface area contributed by atoms with Crippen LogP contribution in [0.1, 0.15) is 25.7 Å². The van der Waals surface area contributed by atoms with E-state index in [9.17, 15) is 0 Å². The zero-order chi connectivity index (χ0) is 17.5. The maximum absolute atomic E-state index is 5.85. The third-order valence-corrected chi connectivity index (χ3v) is 5.45. The number of aromatic nitrogens is 1. The van der Waals surface area contributed by atoms with Crippen LogP contribution >= 0.6 is 27.5 Å². The molecule has 1 aromatic heterocycles. The Bertz CT molecular complexity index is 801. The summed E-state index contributed by atoms with van der Waals surface area (Å²) in [6, 6.07) is 14.6. The number of nitrogens with one attached hydrogen (secondary N) is 1. The van der Waals surface area contributed by atoms with Gasteiger partial charge in [0.2, 0.25) is 0 Å². The van der Waals surface area contributed by atoms with Crippen LogP contribution in [0.5, 0.6) is 5.75 Å². The molecule has 3 aromatic rings. The van der Waals surface area contributed by atoms with Crippen LogP contribution in [0.3, 0.4) is 0 Å². The minimum absolute atomic E-state index is 0.784. The summed E-state index contributed by atoms with van der Waals surface area (Å²) < 4.78 is 12.8. The van der Waals surface area contributed by atoms with Crippen LogP contribution in [-0.4, -0.2) is 24.6 Å². The molecule has 0 spiro atoms. The van der Waals surface area contributed by atoms with Crippen molar-refractivity contribution in [3.8, 4) is 17.0 Å². The normalized spacial score (nSPS) is 11.1. The van der Waals surface area contributed by atoms with Crippen LogP contribution in [0.4, 0.5) is 0 Å². The molecule has 0 amide bonds. The van der Waals surface area contributed by atoms with Crippen molar-refractivity contribution in [2.45, 2.75) is 25.7 Å². The fourth-order valence-corrected chi connectivity index (χ4v) is 4.12. The summed E-state index contributed by atoms with van der Waals surface area (Å²) in [6.07, 6.45) is 4.83. The summed E-state index contributed by atoms with van der Waals surface area (Å²) in [5, 5.41) is 4.37. The van der Waals surface area contributed by atoms with E-state index in [1.807, 2.05) is 19.2 Å². The SMILES string of the molecule is CNCCCCCCOc1ccc(-c2nsc3cc(Br)ccc23)cc1. The Morgan fingerprint density at radius 1 is 1.04 bits per heavy atom. The van der Waals surface area contributed by atoms with Crippen molar-refractivity contribution in [2.75, 3.05) is 20.2 Å². The van der Waals surface area contributed by atoms with E-state index >= 15 is 0 Å². The second-order valence-corrected chi connectivity index (χ2v) is 7.78. The van der Waals surface area contributed by atoms with Crippen molar-refractivity contribution in [1.29, 1.82) is 0 Å². The largest absolute Gasteiger partial charge is 0.494 e. The maximum atomic E-state index is 5.85. The first-order valence-corrected chi connectivity index (χ1v) is 10.3. The monoisotopic (exact) mass is 418 g/mol. The highest BCUT2D eigenvalue weighted by atomic mass is 79.9. The van der Waals surface area contributed by atoms with Crippen molar-refractivity contribution >= 4 is 37.5 Å². The number of ether oxygens (including phenoxy) is 1. The molecule has 0 aliphatic heterocycles. The van der Waals surface area contributed by atoms with Crippen LogP contribution in [0.2, 0.25) is 0 Å². The molecule has 1 N–H and O–H groups in total. The zero-order valence-corrected chi connectivity index (χ0v) is 16.8. The van der Waals surface area contributed by atoms with Gasteiger partial charge >= 0.3 is 0 Å². The van der Waals surface area contributed by atoms with E-state index in [0.29, 0.717) is 0 Å². The van der Waals surface area contributed by atoms with Crippen molar-refractivity contribution < 1.29 is 4.74 Å². The number of unbranched alkanes of at least 4 members (excludes halogenated alkanes) is 3. The maximum Gasteiger partial charge on any atom is 0.119 e. The molecular formula is C20H23BrN2OS. The lowest BCUT2D eigenvalue weighted by molar-refractivity contribution is 0.304. The Hall–Kier alpha value is -1.43. The van der Waals surface area contributed by atoms with Crippen molar-refractivity contribution in [1.82, 2.24) is 9.69 Å². The summed E-state index contributed by atoms with van der Waals surface area (Å²) in [5.74, 6) is 0.932. The summed E-state index contributed by atoms with van der Waals surface area (Å²) in [5.41, 5.74) is 2.18. The van der Waals surface area contributed by atoms with Gasteiger partial charge in [-0.2, -0.15) is 4.37 Å². The molecule has 0 aliphatic rings. The van der Waals surface area contributed by atoms with E-state index in [0.717, 1.165) is 41.1 Å². The summed E-state index contributed by atoms with van der Waals surface area (Å²) >= 11 is 5.05. The highest BCUT2D eigenvalue weighted by Crippen LogP contribution is 2.33. The highest BCUT2D eigenvalue weighted by Gasteiger charge is 2.09. The van der Waals surface area contributed by atoms with E-state index in [1.54, 1.807) is 0 Å². The topological polar surface area (TPSA) is 34.1 Å². The molecule has 132 valence electrons. The number of rotatable bonds is 9. The molecule has 0 aliphatic carbocycles. The molecule has 0 radical (unpaired) electrons. The van der Waals surface area contributed by atoms with Gasteiger partial charge < -0.3 is 10.1 Å². The fraction of sp³-hybridized carbons (Fsp3) is 0.350. The molecule has 2 aromatic carbocycles. The molecule has 1 heterocycles. The summed E-state index contributed by atoms with van der Waals surface area (Å²) in [6.45, 7) is 1.89. The Labute approximate surface area is 161 Å². The number of fused-ring (bicyclic) bond motifs is 1. The molecule has 0 unspecified atom stereocenters. The standard InChI is InChI=1S/C20H23BrN2OS/c1-22-12-4-2-3-5-13-24-17-9-6-15(7-10-17)20-18-11-8-16(21)14-19(18)25-23-20/h6-11,14,22H,2-5,12-13H2,1H3. The van der Waals surface area contributed by atoms with Crippen molar-refractivity contribution in [2.24, 2.45) is 0 Å². The molecule has 3 nitrogen and oxygen atoms in total. The van der Waals surface area contributed by atoms with E-state index in [4.69, 9.17) is 4.74 Å². The van der Waals surface area contributed by atoms with Gasteiger partial charge in [-0.1, -0.05) is 34.8 Å². The molecule has 0 fully saturated rings. The zero-order valence-electron chi connectivity index (χ0n) is 14.4. The molecule has 3 rings (SSSR count). The average Bonchev–Trinajstić information content (AvgIpc) is 3.04. The van der Waals surface area contributed by atoms with E-state index < -0.39 is 0 Å². The third kappa shape index (κ3) is 5.03. The number of halogens is 1. The smallest absolute Gasteiger partial charge is 0.119 e. The predicted octanol–water partition coefficient (Wildman–Crippen LogP) is 5.88. The van der Waals surface area contributed by atoms with Gasteiger partial charge in [0.15, 0.2) is 0 Å². The van der Waals surface area contributed by atoms with Gasteiger partial charge in [-0.15, -0.1) is 0 Å². The van der Waals surface area contributed by atoms with Gasteiger partial charge in [0.05, 0.1) is 17.0 Å². The van der Waals surface area contributed by atoms with Gasteiger partial charge in [0.1, 0.15) is 5.75 Å². The Balaban J connectivity index is 1.55. The molecule has 0 atom stereocenters. The van der Waals surface area contributed by atoms with Crippen LogP contribution in [0, 0.1) is 0 Å². The van der Waals surface area contributed by atoms with E-state index in [2.05, 4.69) is 56.0 Å². The number of hydrogen-bond acceptors (Lipinski definition) is 4. The second kappa shape index (κ2) is 9.32. The predicted molar refractivity (Wildman–Crippen MR) is 111 cm³/mol. The average molecular weight is 419 g/mol. The van der Waals surface area contributed by atoms with Crippen molar-refractivity contribution in [3.63, 3.8) is 0 Å². The minimum atomic E-state index is 0.784. The van der Waals surface area contributed by atoms with Gasteiger partial charge in [-0.05, 0) is 74.4 Å². The lowest BCUT2D eigenvalue weighted by Gasteiger charge is -2.07. The Morgan fingerprint density at radius 2 is 1.84 bits per heavy atom. The quantitative estimate of drug-likeness (QED) is 0.440. The first-order valence-electron chi connectivity index (χ1n) is 8.71. The van der Waals surface area contributed by atoms with Crippen LogP contribution in [-0.2, 0) is 0 Å². The minimum Gasteiger partial charge on any atom is -0.494 e. The molecule has 25 heavy (non-hydrogen) atoms. The molecular weight excluding hydrogens is 396 g/mol. The lowest BCUT2D eigenvalue weighted by atomic mass is 10.1. The van der Waals surface area contributed by atoms with Gasteiger partial charge in [-0.3, -0.25) is 0 Å². The molecule has 0 saturated heterocycles. The van der Waals surface area contributed by atoms with E-state index in [1.165, 1.54) is 40.9 Å². The molecule has 5 heteroatoms. The summed E-state index contributed by atoms with van der Waals surface area (Å²) in [7, 11) is 2.00. The number of nitrogens with zero attached hydrogens (tertiary/aromatic N) is 1. The number of hydrogen-bond donors (Lipinski definition) is 1. The van der Waals surface area contributed by atoms with Crippen LogP contribution in [0.15, 0.2) is 46.9 Å². The number of benzene rings is 2. The van der Waals surface area contributed by atoms with Gasteiger partial charge in [0.25, 0.3) is 0 Å². The lowest BCUT2D eigenvalue weighted by Crippen LogP contribution is -2.07. The van der Waals surface area contributed by atoms with Crippen molar-refractivity contribution in [3.05, 3.63) is 46.9 Å². The first kappa shape index (κ1) is 18.4. The van der Waals surface area contributed by atoms with Gasteiger partial charge in [-0.25, -0.2) is 0 Å². The van der Waals surface area contributed by atoms with Crippen LogP contribution < -0.4 is 10.1 Å². The summed E-state index contributed by atoms with van der Waals surface area (Å²) in [4.78, 5) is 0. The Morgan fingerprint density at radius 3 is 2.64 bits per heavy atom. The van der Waals surface area contributed by atoms with Crippen LogP contribution in [0.25, 0.3) is 21.3 Å². The highest BCUT2D eigenvalue weighted by molar-refractivity contribution is 9.10. The fourth-order valence-electron chi connectivity index (χ4n) is 2.78. The van der Waals surface area contributed by atoms with Gasteiger partial charge in [0, 0.05) is 15.4 Å².